The summed E-state index contributed by atoms with van der Waals surface area (Å²) in [6.45, 7) is 0.817. The normalized spacial score (nSPS) is 19.1. The van der Waals surface area contributed by atoms with Crippen LogP contribution in [0.3, 0.4) is 0 Å². The topological polar surface area (TPSA) is 29.3 Å². The number of halogens is 4. The van der Waals surface area contributed by atoms with Crippen LogP contribution in [0, 0.1) is 0 Å². The Bertz CT molecular complexity index is 441. The van der Waals surface area contributed by atoms with Crippen molar-refractivity contribution in [3.05, 3.63) is 34.9 Å². The van der Waals surface area contributed by atoms with E-state index in [2.05, 4.69) is 0 Å². The highest BCUT2D eigenvalue weighted by Crippen LogP contribution is 2.38. The van der Waals surface area contributed by atoms with E-state index in [-0.39, 0.29) is 12.1 Å². The second-order valence-electron chi connectivity index (χ2n) is 5.37. The largest absolute Gasteiger partial charge is 0.401 e. The Morgan fingerprint density at radius 3 is 2.25 bits per heavy atom. The molecule has 2 unspecified atom stereocenters. The first-order chi connectivity index (χ1) is 9.28. The quantitative estimate of drug-likeness (QED) is 0.897. The van der Waals surface area contributed by atoms with E-state index in [1.165, 1.54) is 4.90 Å². The number of nitrogens with two attached hydrogens (primary N) is 1. The average Bonchev–Trinajstić information content (AvgIpc) is 3.12. The second-order valence-corrected chi connectivity index (χ2v) is 5.81. The van der Waals surface area contributed by atoms with E-state index in [0.29, 0.717) is 5.02 Å². The number of benzene rings is 1. The van der Waals surface area contributed by atoms with Crippen LogP contribution in [-0.4, -0.2) is 29.7 Å². The maximum absolute atomic E-state index is 12.8. The molecule has 0 saturated heterocycles. The molecule has 0 bridgehead atoms. The Labute approximate surface area is 121 Å². The molecule has 1 aromatic rings. The Hall–Kier alpha value is -0.780. The van der Waals surface area contributed by atoms with Gasteiger partial charge in [-0.15, -0.1) is 0 Å². The van der Waals surface area contributed by atoms with E-state index < -0.39 is 18.8 Å². The lowest BCUT2D eigenvalue weighted by molar-refractivity contribution is -0.153. The van der Waals surface area contributed by atoms with Gasteiger partial charge in [0.25, 0.3) is 0 Å². The van der Waals surface area contributed by atoms with E-state index in [0.717, 1.165) is 18.4 Å². The third kappa shape index (κ3) is 4.11. The van der Waals surface area contributed by atoms with Gasteiger partial charge in [-0.3, -0.25) is 4.90 Å². The lowest BCUT2D eigenvalue weighted by atomic mass is 9.99. The SMILES string of the molecule is CC(N)C(c1ccc(Cl)cc1)N(CC(F)(F)F)C1CC1. The van der Waals surface area contributed by atoms with E-state index in [4.69, 9.17) is 17.3 Å². The van der Waals surface area contributed by atoms with E-state index in [9.17, 15) is 13.2 Å². The van der Waals surface area contributed by atoms with Crippen molar-refractivity contribution in [1.29, 1.82) is 0 Å². The molecule has 1 aromatic carbocycles. The van der Waals surface area contributed by atoms with Crippen LogP contribution in [0.25, 0.3) is 0 Å². The van der Waals surface area contributed by atoms with Crippen molar-refractivity contribution < 1.29 is 13.2 Å². The molecule has 0 aliphatic heterocycles. The molecule has 1 aliphatic carbocycles. The molecule has 0 heterocycles. The summed E-state index contributed by atoms with van der Waals surface area (Å²) >= 11 is 5.83. The van der Waals surface area contributed by atoms with Gasteiger partial charge in [0.05, 0.1) is 12.6 Å². The van der Waals surface area contributed by atoms with Crippen LogP contribution in [0.1, 0.15) is 31.4 Å². The summed E-state index contributed by atoms with van der Waals surface area (Å²) in [5.41, 5.74) is 6.73. The maximum Gasteiger partial charge on any atom is 0.401 e. The molecule has 2 nitrogen and oxygen atoms in total. The molecular weight excluding hydrogens is 289 g/mol. The summed E-state index contributed by atoms with van der Waals surface area (Å²) in [5, 5.41) is 0.561. The van der Waals surface area contributed by atoms with Crippen LogP contribution in [0.5, 0.6) is 0 Å². The molecule has 1 saturated carbocycles. The molecule has 0 radical (unpaired) electrons. The van der Waals surface area contributed by atoms with Crippen LogP contribution in [0.15, 0.2) is 24.3 Å². The number of hydrogen-bond acceptors (Lipinski definition) is 2. The molecule has 2 rings (SSSR count). The molecule has 1 fully saturated rings. The lowest BCUT2D eigenvalue weighted by Crippen LogP contribution is -2.45. The Morgan fingerprint density at radius 1 is 1.30 bits per heavy atom. The van der Waals surface area contributed by atoms with Gasteiger partial charge in [-0.25, -0.2) is 0 Å². The zero-order valence-electron chi connectivity index (χ0n) is 11.2. The molecule has 20 heavy (non-hydrogen) atoms. The predicted molar refractivity (Wildman–Crippen MR) is 73.6 cm³/mol. The summed E-state index contributed by atoms with van der Waals surface area (Å²) < 4.78 is 38.4. The van der Waals surface area contributed by atoms with Crippen molar-refractivity contribution in [1.82, 2.24) is 4.90 Å². The summed E-state index contributed by atoms with van der Waals surface area (Å²) in [6.07, 6.45) is -2.62. The van der Waals surface area contributed by atoms with Gasteiger partial charge >= 0.3 is 6.18 Å². The summed E-state index contributed by atoms with van der Waals surface area (Å²) in [4.78, 5) is 1.48. The summed E-state index contributed by atoms with van der Waals surface area (Å²) in [7, 11) is 0. The van der Waals surface area contributed by atoms with Crippen LogP contribution >= 0.6 is 11.6 Å². The molecule has 0 amide bonds. The molecule has 2 N–H and O–H groups in total. The first-order valence-corrected chi connectivity index (χ1v) is 6.99. The van der Waals surface area contributed by atoms with E-state index in [1.54, 1.807) is 31.2 Å². The standard InChI is InChI=1S/C14H18ClF3N2/c1-9(19)13(10-2-4-11(15)5-3-10)20(12-6-7-12)8-14(16,17)18/h2-5,9,12-13H,6-8,19H2,1H3. The minimum atomic E-state index is -4.22. The van der Waals surface area contributed by atoms with Gasteiger partial charge in [-0.1, -0.05) is 23.7 Å². The van der Waals surface area contributed by atoms with Crippen molar-refractivity contribution in [2.24, 2.45) is 5.73 Å². The van der Waals surface area contributed by atoms with Crippen molar-refractivity contribution in [2.45, 2.75) is 44.1 Å². The van der Waals surface area contributed by atoms with Gasteiger partial charge in [0.1, 0.15) is 0 Å². The van der Waals surface area contributed by atoms with Gasteiger partial charge in [0.15, 0.2) is 0 Å². The third-order valence-electron chi connectivity index (χ3n) is 3.44. The Morgan fingerprint density at radius 2 is 1.85 bits per heavy atom. The molecule has 2 atom stereocenters. The zero-order valence-corrected chi connectivity index (χ0v) is 12.0. The Kier molecular flexibility index (Phi) is 4.62. The maximum atomic E-state index is 12.8. The highest BCUT2D eigenvalue weighted by Gasteiger charge is 2.42. The van der Waals surface area contributed by atoms with Crippen LogP contribution in [0.2, 0.25) is 5.02 Å². The van der Waals surface area contributed by atoms with Gasteiger partial charge in [-0.2, -0.15) is 13.2 Å². The van der Waals surface area contributed by atoms with E-state index >= 15 is 0 Å². The minimum absolute atomic E-state index is 0.0247. The van der Waals surface area contributed by atoms with Gasteiger partial charge in [-0.05, 0) is 37.5 Å². The van der Waals surface area contributed by atoms with Crippen molar-refractivity contribution in [2.75, 3.05) is 6.54 Å². The monoisotopic (exact) mass is 306 g/mol. The van der Waals surface area contributed by atoms with Gasteiger partial charge in [0, 0.05) is 17.1 Å². The summed E-state index contributed by atoms with van der Waals surface area (Å²) in [5.74, 6) is 0. The average molecular weight is 307 g/mol. The highest BCUT2D eigenvalue weighted by molar-refractivity contribution is 6.30. The third-order valence-corrected chi connectivity index (χ3v) is 3.70. The molecular formula is C14H18ClF3N2. The van der Waals surface area contributed by atoms with Crippen molar-refractivity contribution in [3.8, 4) is 0 Å². The fourth-order valence-corrected chi connectivity index (χ4v) is 2.65. The first-order valence-electron chi connectivity index (χ1n) is 6.61. The minimum Gasteiger partial charge on any atom is -0.326 e. The fourth-order valence-electron chi connectivity index (χ4n) is 2.52. The van der Waals surface area contributed by atoms with E-state index in [1.807, 2.05) is 0 Å². The van der Waals surface area contributed by atoms with Crippen LogP contribution in [-0.2, 0) is 0 Å². The van der Waals surface area contributed by atoms with Crippen molar-refractivity contribution in [3.63, 3.8) is 0 Å². The lowest BCUT2D eigenvalue weighted by Gasteiger charge is -2.35. The number of rotatable bonds is 5. The van der Waals surface area contributed by atoms with Crippen LogP contribution in [0.4, 0.5) is 13.2 Å². The summed E-state index contributed by atoms with van der Waals surface area (Å²) in [6, 6.07) is 6.02. The van der Waals surface area contributed by atoms with Gasteiger partial charge in [0.2, 0.25) is 0 Å². The van der Waals surface area contributed by atoms with Crippen LogP contribution < -0.4 is 5.73 Å². The molecule has 0 aromatic heterocycles. The highest BCUT2D eigenvalue weighted by atomic mass is 35.5. The smallest absolute Gasteiger partial charge is 0.326 e. The second kappa shape index (κ2) is 5.92. The number of alkyl halides is 3. The predicted octanol–water partition coefficient (Wildman–Crippen LogP) is 3.76. The molecule has 0 spiro atoms. The molecule has 6 heteroatoms. The number of hydrogen-bond donors (Lipinski definition) is 1. The van der Waals surface area contributed by atoms with Gasteiger partial charge < -0.3 is 5.73 Å². The fraction of sp³-hybridized carbons (Fsp3) is 0.571. The zero-order chi connectivity index (χ0) is 14.9. The number of nitrogens with zero attached hydrogens (tertiary/aromatic N) is 1. The molecule has 1 aliphatic rings. The molecule has 112 valence electrons. The first kappa shape index (κ1) is 15.6. The Balaban J connectivity index is 2.27. The van der Waals surface area contributed by atoms with Crippen molar-refractivity contribution >= 4 is 11.6 Å².